The van der Waals surface area contributed by atoms with Gasteiger partial charge in [-0.25, -0.2) is 0 Å². The van der Waals surface area contributed by atoms with Crippen molar-refractivity contribution in [2.45, 2.75) is 154 Å². The molecule has 0 unspecified atom stereocenters. The maximum Gasteiger partial charge on any atom is 0.197 e. The van der Waals surface area contributed by atoms with E-state index in [4.69, 9.17) is 15.3 Å². The fourth-order valence-electron chi connectivity index (χ4n) is 5.70. The van der Waals surface area contributed by atoms with Gasteiger partial charge in [-0.1, -0.05) is 138 Å². The summed E-state index contributed by atoms with van der Waals surface area (Å²) in [5.41, 5.74) is 2.30. The van der Waals surface area contributed by atoms with Crippen molar-refractivity contribution in [2.75, 3.05) is 19.8 Å². The molecular weight excluding hydrogens is 500 g/mol. The number of aliphatic hydroxyl groups excluding tert-OH is 3. The predicted octanol–water partition coefficient (Wildman–Crippen LogP) is 7.83. The summed E-state index contributed by atoms with van der Waals surface area (Å²) in [6.07, 6.45) is 20.9. The van der Waals surface area contributed by atoms with Crippen LogP contribution in [-0.4, -0.2) is 48.3 Å². The first-order chi connectivity index (χ1) is 16.6. The molecule has 0 aliphatic heterocycles. The van der Waals surface area contributed by atoms with Crippen molar-refractivity contribution in [1.82, 2.24) is 0 Å². The maximum atomic E-state index is 12.0. The van der Waals surface area contributed by atoms with Gasteiger partial charge in [0.2, 0.25) is 0 Å². The first-order valence-electron chi connectivity index (χ1n) is 15.2. The largest absolute Gasteiger partial charge is 0.431 e. The molecule has 3 saturated carbocycles. The van der Waals surface area contributed by atoms with Crippen LogP contribution >= 0.6 is 0 Å². The molecule has 0 saturated heterocycles. The first-order valence-corrected chi connectivity index (χ1v) is 17.4. The van der Waals surface area contributed by atoms with Crippen molar-refractivity contribution in [3.05, 3.63) is 0 Å². The molecule has 36 heavy (non-hydrogen) atoms. The monoisotopic (exact) mass is 564 g/mol. The van der Waals surface area contributed by atoms with E-state index in [1.54, 1.807) is 0 Å². The van der Waals surface area contributed by atoms with Gasteiger partial charge in [0.1, 0.15) is 0 Å². The Morgan fingerprint density at radius 3 is 0.778 bits per heavy atom. The van der Waals surface area contributed by atoms with Crippen LogP contribution in [0, 0.1) is 17.8 Å². The Bertz CT molecular complexity index is 393. The van der Waals surface area contributed by atoms with Crippen LogP contribution in [0.15, 0.2) is 0 Å². The average Bonchev–Trinajstić information content (AvgIpc) is 2.90. The molecule has 6 heteroatoms. The molecule has 0 atom stereocenters. The van der Waals surface area contributed by atoms with Gasteiger partial charge in [0.25, 0.3) is 0 Å². The van der Waals surface area contributed by atoms with Crippen molar-refractivity contribution in [1.29, 1.82) is 0 Å². The van der Waals surface area contributed by atoms with Gasteiger partial charge in [-0.2, -0.15) is 0 Å². The van der Waals surface area contributed by atoms with Crippen LogP contribution in [-0.2, 0) is 21.7 Å². The van der Waals surface area contributed by atoms with Gasteiger partial charge in [-0.3, -0.25) is 0 Å². The van der Waals surface area contributed by atoms with E-state index in [0.717, 1.165) is 16.6 Å². The number of hydrogen-bond donors (Lipinski definition) is 4. The molecule has 0 bridgehead atoms. The zero-order chi connectivity index (χ0) is 26.7. The van der Waals surface area contributed by atoms with Gasteiger partial charge >= 0.3 is 0 Å². The van der Waals surface area contributed by atoms with E-state index in [9.17, 15) is 4.80 Å². The van der Waals surface area contributed by atoms with E-state index >= 15 is 0 Å². The summed E-state index contributed by atoms with van der Waals surface area (Å²) < 4.78 is 0. The summed E-state index contributed by atoms with van der Waals surface area (Å²) in [6, 6.07) is 0. The Morgan fingerprint density at radius 2 is 0.639 bits per heavy atom. The second kappa shape index (κ2) is 23.6. The zero-order valence-corrected chi connectivity index (χ0v) is 27.5. The van der Waals surface area contributed by atoms with E-state index < -0.39 is 8.32 Å². The van der Waals surface area contributed by atoms with E-state index in [1.807, 2.05) is 41.5 Å². The van der Waals surface area contributed by atoms with E-state index in [0.29, 0.717) is 37.6 Å². The third kappa shape index (κ3) is 16.7. The van der Waals surface area contributed by atoms with Gasteiger partial charge < -0.3 is 20.1 Å². The molecule has 3 aliphatic rings. The summed E-state index contributed by atoms with van der Waals surface area (Å²) in [7, 11) is -2.05. The Hall–Kier alpha value is 0.771. The maximum absolute atomic E-state index is 12.0. The number of rotatable bonds is 6. The average molecular weight is 565 g/mol. The fourth-order valence-corrected chi connectivity index (χ4v) is 11.7. The van der Waals surface area contributed by atoms with Gasteiger partial charge in [-0.05, 0) is 34.4 Å². The Morgan fingerprint density at radius 1 is 0.472 bits per heavy atom. The van der Waals surface area contributed by atoms with E-state index in [-0.39, 0.29) is 21.7 Å². The van der Waals surface area contributed by atoms with Crippen molar-refractivity contribution in [3.8, 4) is 0 Å². The third-order valence-corrected chi connectivity index (χ3v) is 13.5. The SMILES string of the molecule is CC(C)CO.CC(C)CO.CC(C)CO.O[Si](C1CCCCC1)(C1CCCCC1)C1CCCCC1.[Ti]. The van der Waals surface area contributed by atoms with Crippen LogP contribution in [0.1, 0.15) is 138 Å². The first kappa shape index (κ1) is 38.9. The van der Waals surface area contributed by atoms with Crippen LogP contribution in [0.5, 0.6) is 0 Å². The summed E-state index contributed by atoms with van der Waals surface area (Å²) >= 11 is 0. The van der Waals surface area contributed by atoms with Crippen LogP contribution in [0.25, 0.3) is 0 Å². The molecule has 4 nitrogen and oxygen atoms in total. The second-order valence-corrected chi connectivity index (χ2v) is 16.8. The topological polar surface area (TPSA) is 80.9 Å². The number of aliphatic hydroxyl groups is 3. The molecule has 0 aromatic carbocycles. The molecule has 4 N–H and O–H groups in total. The zero-order valence-electron chi connectivity index (χ0n) is 25.0. The molecule has 3 rings (SSSR count). The van der Waals surface area contributed by atoms with Gasteiger partial charge in [-0.15, -0.1) is 0 Å². The quantitative estimate of drug-likeness (QED) is 0.248. The second-order valence-electron chi connectivity index (χ2n) is 12.6. The van der Waals surface area contributed by atoms with Crippen LogP contribution in [0.4, 0.5) is 0 Å². The Balaban J connectivity index is 0. The van der Waals surface area contributed by atoms with Crippen molar-refractivity contribution in [2.24, 2.45) is 17.8 Å². The van der Waals surface area contributed by atoms with Crippen molar-refractivity contribution >= 4 is 8.32 Å². The van der Waals surface area contributed by atoms with Crippen LogP contribution in [0.3, 0.4) is 0 Å². The summed E-state index contributed by atoms with van der Waals surface area (Å²) in [6.45, 7) is 12.7. The molecule has 3 aliphatic carbocycles. The van der Waals surface area contributed by atoms with Gasteiger partial charge in [0.05, 0.1) is 0 Å². The summed E-state index contributed by atoms with van der Waals surface area (Å²) in [5.74, 6) is 1.32. The molecule has 0 amide bonds. The minimum absolute atomic E-state index is 0. The van der Waals surface area contributed by atoms with E-state index in [1.165, 1.54) is 96.3 Å². The predicted molar refractivity (Wildman–Crippen MR) is 154 cm³/mol. The van der Waals surface area contributed by atoms with Crippen LogP contribution < -0.4 is 0 Å². The molecule has 0 aromatic heterocycles. The Labute approximate surface area is 241 Å². The van der Waals surface area contributed by atoms with Gasteiger partial charge in [0, 0.05) is 41.5 Å². The summed E-state index contributed by atoms with van der Waals surface area (Å²) in [5, 5.41) is 24.4. The smallest absolute Gasteiger partial charge is 0.197 e. The molecule has 216 valence electrons. The molecule has 3 fully saturated rings. The molecule has 0 heterocycles. The van der Waals surface area contributed by atoms with Crippen molar-refractivity contribution in [3.63, 3.8) is 0 Å². The normalized spacial score (nSPS) is 19.9. The Kier molecular flexibility index (Phi) is 25.6. The molecule has 0 radical (unpaired) electrons. The molecule has 0 aromatic rings. The molecular formula is C30H64O4SiTi. The standard InChI is InChI=1S/C18H34OSi.3C4H10O.Ti/c19-20(16-10-4-1-5-11-16,17-12-6-2-7-13-17)18-14-8-3-9-15-18;3*1-4(2)3-5;/h16-19H,1-15H2;3*4-5H,3H2,1-2H3;. The number of hydrogen-bond acceptors (Lipinski definition) is 4. The minimum Gasteiger partial charge on any atom is -0.431 e. The minimum atomic E-state index is -2.05. The molecule has 0 spiro atoms. The van der Waals surface area contributed by atoms with Gasteiger partial charge in [0.15, 0.2) is 8.32 Å². The van der Waals surface area contributed by atoms with Crippen molar-refractivity contribution < 1.29 is 41.8 Å². The fraction of sp³-hybridized carbons (Fsp3) is 1.00. The van der Waals surface area contributed by atoms with Crippen LogP contribution in [0.2, 0.25) is 16.6 Å². The third-order valence-electron chi connectivity index (χ3n) is 7.87. The summed E-state index contributed by atoms with van der Waals surface area (Å²) in [4.78, 5) is 12.0. The van der Waals surface area contributed by atoms with E-state index in [2.05, 4.69) is 0 Å².